The van der Waals surface area contributed by atoms with Crippen LogP contribution in [0.2, 0.25) is 0 Å². The molecule has 24 heavy (non-hydrogen) atoms. The summed E-state index contributed by atoms with van der Waals surface area (Å²) in [5.41, 5.74) is 4.15. The van der Waals surface area contributed by atoms with Gasteiger partial charge in [-0.2, -0.15) is 0 Å². The van der Waals surface area contributed by atoms with Crippen LogP contribution in [0.4, 0.5) is 0 Å². The molecule has 0 N–H and O–H groups in total. The minimum Gasteiger partial charge on any atom is -0.310 e. The maximum Gasteiger partial charge on any atom is 0.0535 e. The van der Waals surface area contributed by atoms with Gasteiger partial charge in [0.05, 0.1) is 5.52 Å². The van der Waals surface area contributed by atoms with Gasteiger partial charge in [-0.05, 0) is 48.4 Å². The Morgan fingerprint density at radius 1 is 0.792 bits per heavy atom. The quantitative estimate of drug-likeness (QED) is 0.483. The van der Waals surface area contributed by atoms with Gasteiger partial charge in [-0.15, -0.1) is 0 Å². The van der Waals surface area contributed by atoms with E-state index in [-0.39, 0.29) is 7.92 Å². The van der Waals surface area contributed by atoms with Crippen LogP contribution >= 0.6 is 7.92 Å². The molecule has 0 bridgehead atoms. The summed E-state index contributed by atoms with van der Waals surface area (Å²) in [6.07, 6.45) is 2.60. The van der Waals surface area contributed by atoms with Gasteiger partial charge >= 0.3 is 0 Å². The Labute approximate surface area is 147 Å². The first-order valence-corrected chi connectivity index (χ1v) is 10.7. The molecule has 0 atom stereocenters. The molecule has 0 aliphatic rings. The molecule has 0 aliphatic carbocycles. The molecule has 1 heterocycles. The van der Waals surface area contributed by atoms with Gasteiger partial charge in [-0.3, -0.25) is 0 Å². The predicted octanol–water partition coefficient (Wildman–Crippen LogP) is 6.05. The zero-order chi connectivity index (χ0) is 17.1. The molecule has 0 fully saturated rings. The lowest BCUT2D eigenvalue weighted by molar-refractivity contribution is 0.720. The Bertz CT molecular complexity index is 776. The van der Waals surface area contributed by atoms with Crippen LogP contribution in [-0.2, 0) is 0 Å². The second kappa shape index (κ2) is 7.53. The molecule has 2 heteroatoms. The van der Waals surface area contributed by atoms with Gasteiger partial charge < -0.3 is 4.57 Å². The van der Waals surface area contributed by atoms with E-state index in [0.717, 1.165) is 11.8 Å². The molecule has 1 aromatic heterocycles. The summed E-state index contributed by atoms with van der Waals surface area (Å²) < 4.78 is 2.51. The van der Waals surface area contributed by atoms with Gasteiger partial charge in [0, 0.05) is 16.5 Å². The van der Waals surface area contributed by atoms with Crippen LogP contribution in [0, 0.1) is 11.8 Å². The number of hydrogen-bond donors (Lipinski definition) is 0. The number of para-hydroxylation sites is 2. The molecule has 0 spiro atoms. The molecule has 0 aliphatic heterocycles. The number of benzene rings is 2. The van der Waals surface area contributed by atoms with E-state index in [0.29, 0.717) is 0 Å². The normalized spacial score (nSPS) is 12.0. The van der Waals surface area contributed by atoms with E-state index < -0.39 is 0 Å². The number of nitrogens with zero attached hydrogens (tertiary/aromatic N) is 1. The SMILES string of the molecule is CC(C)CP(CC(C)C)c1cc2ccccc2n1-c1ccccc1. The van der Waals surface area contributed by atoms with E-state index in [1.807, 2.05) is 0 Å². The van der Waals surface area contributed by atoms with Crippen LogP contribution in [-0.4, -0.2) is 16.9 Å². The largest absolute Gasteiger partial charge is 0.310 e. The zero-order valence-electron chi connectivity index (χ0n) is 15.2. The molecule has 3 rings (SSSR count). The first kappa shape index (κ1) is 17.2. The summed E-state index contributed by atoms with van der Waals surface area (Å²) in [6.45, 7) is 9.41. The highest BCUT2D eigenvalue weighted by Gasteiger charge is 2.21. The fourth-order valence-electron chi connectivity index (χ4n) is 3.36. The van der Waals surface area contributed by atoms with Crippen LogP contribution in [0.15, 0.2) is 60.7 Å². The summed E-state index contributed by atoms with van der Waals surface area (Å²) in [5, 5.41) is 1.36. The number of rotatable bonds is 6. The smallest absolute Gasteiger partial charge is 0.0535 e. The van der Waals surface area contributed by atoms with Crippen LogP contribution in [0.25, 0.3) is 16.6 Å². The number of fused-ring (bicyclic) bond motifs is 1. The summed E-state index contributed by atoms with van der Waals surface area (Å²) in [4.78, 5) is 0. The molecule has 0 saturated heterocycles. The van der Waals surface area contributed by atoms with Crippen molar-refractivity contribution in [3.63, 3.8) is 0 Å². The number of aromatic nitrogens is 1. The van der Waals surface area contributed by atoms with E-state index in [9.17, 15) is 0 Å². The third-order valence-electron chi connectivity index (χ3n) is 4.20. The number of hydrogen-bond acceptors (Lipinski definition) is 0. The minimum absolute atomic E-state index is 0.163. The fraction of sp³-hybridized carbons (Fsp3) is 0.364. The Morgan fingerprint density at radius 2 is 1.38 bits per heavy atom. The average Bonchev–Trinajstić information content (AvgIpc) is 2.93. The first-order valence-electron chi connectivity index (χ1n) is 8.97. The highest BCUT2D eigenvalue weighted by Crippen LogP contribution is 2.41. The third kappa shape index (κ3) is 3.73. The van der Waals surface area contributed by atoms with Crippen molar-refractivity contribution < 1.29 is 0 Å². The monoisotopic (exact) mass is 337 g/mol. The average molecular weight is 337 g/mol. The van der Waals surface area contributed by atoms with Gasteiger partial charge in [0.2, 0.25) is 0 Å². The van der Waals surface area contributed by atoms with Crippen molar-refractivity contribution in [2.24, 2.45) is 11.8 Å². The van der Waals surface area contributed by atoms with Crippen molar-refractivity contribution in [3.8, 4) is 5.69 Å². The van der Waals surface area contributed by atoms with Gasteiger partial charge in [-0.25, -0.2) is 0 Å². The lowest BCUT2D eigenvalue weighted by Gasteiger charge is -2.24. The summed E-state index contributed by atoms with van der Waals surface area (Å²) >= 11 is 0. The maximum atomic E-state index is 2.51. The topological polar surface area (TPSA) is 4.93 Å². The predicted molar refractivity (Wildman–Crippen MR) is 109 cm³/mol. The third-order valence-corrected chi connectivity index (χ3v) is 7.52. The molecule has 0 saturated carbocycles. The van der Waals surface area contributed by atoms with Crippen molar-refractivity contribution in [2.75, 3.05) is 12.3 Å². The van der Waals surface area contributed by atoms with E-state index in [4.69, 9.17) is 0 Å². The molecule has 2 aromatic carbocycles. The first-order chi connectivity index (χ1) is 11.6. The Hall–Kier alpha value is -1.59. The van der Waals surface area contributed by atoms with Gasteiger partial charge in [0.25, 0.3) is 0 Å². The fourth-order valence-corrected chi connectivity index (χ4v) is 6.48. The second-order valence-corrected chi connectivity index (χ2v) is 9.69. The van der Waals surface area contributed by atoms with Crippen molar-refractivity contribution >= 4 is 24.3 Å². The molecule has 126 valence electrons. The maximum absolute atomic E-state index is 2.51. The highest BCUT2D eigenvalue weighted by atomic mass is 31.1. The van der Waals surface area contributed by atoms with Crippen LogP contribution in [0.3, 0.4) is 0 Å². The summed E-state index contributed by atoms with van der Waals surface area (Å²) in [7, 11) is -0.163. The Balaban J connectivity index is 2.18. The molecule has 0 unspecified atom stereocenters. The van der Waals surface area contributed by atoms with Crippen molar-refractivity contribution in [3.05, 3.63) is 60.7 Å². The van der Waals surface area contributed by atoms with Crippen molar-refractivity contribution in [1.82, 2.24) is 4.57 Å². The van der Waals surface area contributed by atoms with Gasteiger partial charge in [-0.1, -0.05) is 72.0 Å². The van der Waals surface area contributed by atoms with Crippen molar-refractivity contribution in [1.29, 1.82) is 0 Å². The minimum atomic E-state index is -0.163. The van der Waals surface area contributed by atoms with Crippen LogP contribution < -0.4 is 5.44 Å². The van der Waals surface area contributed by atoms with E-state index in [1.165, 1.54) is 34.3 Å². The second-order valence-electron chi connectivity index (χ2n) is 7.42. The Morgan fingerprint density at radius 3 is 2.00 bits per heavy atom. The molecular formula is C22H28NP. The standard InChI is InChI=1S/C22H28NP/c1-17(2)15-24(16-18(3)4)22-14-19-10-8-9-13-21(19)23(22)20-11-6-5-7-12-20/h5-14,17-18H,15-16H2,1-4H3. The molecule has 3 aromatic rings. The van der Waals surface area contributed by atoms with Gasteiger partial charge in [0.1, 0.15) is 0 Å². The molecule has 0 radical (unpaired) electrons. The summed E-state index contributed by atoms with van der Waals surface area (Å²) in [6, 6.07) is 22.1. The Kier molecular flexibility index (Phi) is 5.41. The molecular weight excluding hydrogens is 309 g/mol. The van der Waals surface area contributed by atoms with E-state index in [2.05, 4.69) is 92.9 Å². The lowest BCUT2D eigenvalue weighted by Crippen LogP contribution is -2.19. The van der Waals surface area contributed by atoms with Crippen molar-refractivity contribution in [2.45, 2.75) is 27.7 Å². The van der Waals surface area contributed by atoms with E-state index in [1.54, 1.807) is 0 Å². The van der Waals surface area contributed by atoms with E-state index >= 15 is 0 Å². The lowest BCUT2D eigenvalue weighted by atomic mass is 10.2. The molecule has 0 amide bonds. The summed E-state index contributed by atoms with van der Waals surface area (Å²) in [5.74, 6) is 1.47. The van der Waals surface area contributed by atoms with Gasteiger partial charge in [0.15, 0.2) is 0 Å². The zero-order valence-corrected chi connectivity index (χ0v) is 16.1. The van der Waals surface area contributed by atoms with Crippen LogP contribution in [0.5, 0.6) is 0 Å². The van der Waals surface area contributed by atoms with Crippen LogP contribution in [0.1, 0.15) is 27.7 Å². The molecule has 1 nitrogen and oxygen atoms in total. The highest BCUT2D eigenvalue weighted by molar-refractivity contribution is 7.65.